The number of hydrogen-bond acceptors (Lipinski definition) is 5. The van der Waals surface area contributed by atoms with Crippen molar-refractivity contribution in [2.24, 2.45) is 7.05 Å². The van der Waals surface area contributed by atoms with Crippen LogP contribution < -0.4 is 0 Å². The molecule has 2 aromatic carbocycles. The molecule has 1 aliphatic heterocycles. The summed E-state index contributed by atoms with van der Waals surface area (Å²) in [5.41, 5.74) is 2.22. The van der Waals surface area contributed by atoms with E-state index in [0.717, 1.165) is 11.4 Å². The molecule has 0 unspecified atom stereocenters. The fourth-order valence-electron chi connectivity index (χ4n) is 3.58. The number of aromatic nitrogens is 3. The Morgan fingerprint density at radius 3 is 2.23 bits per heavy atom. The van der Waals surface area contributed by atoms with Crippen LogP contribution in [0.2, 0.25) is 0 Å². The lowest BCUT2D eigenvalue weighted by Crippen LogP contribution is -2.48. The van der Waals surface area contributed by atoms with Crippen molar-refractivity contribution in [3.8, 4) is 11.4 Å². The van der Waals surface area contributed by atoms with Gasteiger partial charge in [0.25, 0.3) is 0 Å². The van der Waals surface area contributed by atoms with Crippen LogP contribution in [0.5, 0.6) is 0 Å². The van der Waals surface area contributed by atoms with E-state index < -0.39 is 10.0 Å². The Kier molecular flexibility index (Phi) is 5.88. The van der Waals surface area contributed by atoms with Crippen molar-refractivity contribution in [1.82, 2.24) is 23.6 Å². The third-order valence-electron chi connectivity index (χ3n) is 5.40. The summed E-state index contributed by atoms with van der Waals surface area (Å²) in [6.45, 7) is 4.75. The van der Waals surface area contributed by atoms with Crippen LogP contribution in [-0.2, 0) is 23.7 Å². The number of aryl methyl sites for hydroxylation is 1. The van der Waals surface area contributed by atoms with Crippen LogP contribution in [0, 0.1) is 11.7 Å². The van der Waals surface area contributed by atoms with Crippen molar-refractivity contribution >= 4 is 22.2 Å². The molecule has 30 heavy (non-hydrogen) atoms. The normalized spacial score (nSPS) is 16.1. The lowest BCUT2D eigenvalue weighted by atomic mass is 10.1. The van der Waals surface area contributed by atoms with Gasteiger partial charge in [-0.15, -0.1) is 0 Å². The Balaban J connectivity index is 1.45. The Bertz CT molecular complexity index is 1180. The van der Waals surface area contributed by atoms with Gasteiger partial charge in [-0.2, -0.15) is 9.40 Å². The van der Waals surface area contributed by atoms with E-state index in [2.05, 4.69) is 24.0 Å². The molecular formula is C21H25N5O2S2. The average molecular weight is 444 g/mol. The largest absolute Gasteiger partial charge is 0.303 e. The first kappa shape index (κ1) is 20.9. The van der Waals surface area contributed by atoms with Crippen LogP contribution in [0.4, 0.5) is 0 Å². The maximum atomic E-state index is 12.8. The highest BCUT2D eigenvalue weighted by Crippen LogP contribution is 2.20. The third-order valence-corrected chi connectivity index (χ3v) is 7.79. The fraction of sp³-hybridized carbons (Fsp3) is 0.333. The van der Waals surface area contributed by atoms with Crippen LogP contribution in [-0.4, -0.2) is 58.1 Å². The van der Waals surface area contributed by atoms with E-state index in [1.54, 1.807) is 28.6 Å². The van der Waals surface area contributed by atoms with Crippen LogP contribution in [0.1, 0.15) is 5.56 Å². The zero-order chi connectivity index (χ0) is 21.3. The highest BCUT2D eigenvalue weighted by Gasteiger charge is 2.28. The average Bonchev–Trinajstić information content (AvgIpc) is 3.04. The second-order valence-corrected chi connectivity index (χ2v) is 9.81. The molecule has 0 radical (unpaired) electrons. The van der Waals surface area contributed by atoms with Gasteiger partial charge in [-0.3, -0.25) is 4.90 Å². The van der Waals surface area contributed by atoms with Gasteiger partial charge in [0, 0.05) is 38.8 Å². The highest BCUT2D eigenvalue weighted by atomic mass is 32.2. The summed E-state index contributed by atoms with van der Waals surface area (Å²) < 4.78 is 31.5. The zero-order valence-electron chi connectivity index (χ0n) is 17.1. The quantitative estimate of drug-likeness (QED) is 0.568. The number of rotatable bonds is 5. The molecule has 1 aliphatic rings. The number of piperazine rings is 1. The molecule has 2 heterocycles. The molecule has 0 aliphatic carbocycles. The standard InChI is InChI=1S/C21H25N5O2S2/c1-17-8-10-18(11-9-17)20-22-26(21(29)23(20)2)16-24-12-14-25(15-13-24)30(27,28)19-6-4-3-5-7-19/h3-11H,12-16H2,1-2H3. The fourth-order valence-corrected chi connectivity index (χ4v) is 5.20. The monoisotopic (exact) mass is 443 g/mol. The lowest BCUT2D eigenvalue weighted by Gasteiger charge is -2.33. The van der Waals surface area contributed by atoms with Gasteiger partial charge in [0.2, 0.25) is 10.0 Å². The molecule has 1 fully saturated rings. The first-order valence-electron chi connectivity index (χ1n) is 9.85. The first-order valence-corrected chi connectivity index (χ1v) is 11.7. The Hall–Kier alpha value is -2.33. The summed E-state index contributed by atoms with van der Waals surface area (Å²) in [7, 11) is -1.53. The predicted octanol–water partition coefficient (Wildman–Crippen LogP) is 2.89. The molecule has 9 heteroatoms. The van der Waals surface area contributed by atoms with Gasteiger partial charge in [0.15, 0.2) is 10.6 Å². The maximum Gasteiger partial charge on any atom is 0.243 e. The molecule has 158 valence electrons. The molecular weight excluding hydrogens is 418 g/mol. The number of hydrogen-bond donors (Lipinski definition) is 0. The molecule has 0 amide bonds. The van der Waals surface area contributed by atoms with Crippen LogP contribution in [0.25, 0.3) is 11.4 Å². The van der Waals surface area contributed by atoms with Gasteiger partial charge in [0.05, 0.1) is 11.6 Å². The van der Waals surface area contributed by atoms with E-state index in [9.17, 15) is 8.42 Å². The van der Waals surface area contributed by atoms with E-state index in [1.807, 2.05) is 34.5 Å². The van der Waals surface area contributed by atoms with Gasteiger partial charge in [-0.1, -0.05) is 48.0 Å². The topological polar surface area (TPSA) is 63.4 Å². The van der Waals surface area contributed by atoms with Crippen molar-refractivity contribution in [1.29, 1.82) is 0 Å². The molecule has 4 rings (SSSR count). The Morgan fingerprint density at radius 1 is 0.967 bits per heavy atom. The Morgan fingerprint density at radius 2 is 1.60 bits per heavy atom. The summed E-state index contributed by atoms with van der Waals surface area (Å²) in [5.74, 6) is 0.824. The summed E-state index contributed by atoms with van der Waals surface area (Å²) in [6, 6.07) is 16.8. The van der Waals surface area contributed by atoms with E-state index in [0.29, 0.717) is 42.5 Å². The molecule has 0 N–H and O–H groups in total. The minimum absolute atomic E-state index is 0.341. The van der Waals surface area contributed by atoms with Crippen LogP contribution in [0.3, 0.4) is 0 Å². The predicted molar refractivity (Wildman–Crippen MR) is 119 cm³/mol. The van der Waals surface area contributed by atoms with Crippen molar-refractivity contribution in [2.75, 3.05) is 26.2 Å². The smallest absolute Gasteiger partial charge is 0.243 e. The third kappa shape index (κ3) is 4.11. The minimum Gasteiger partial charge on any atom is -0.303 e. The summed E-state index contributed by atoms with van der Waals surface area (Å²) >= 11 is 5.59. The molecule has 3 aromatic rings. The van der Waals surface area contributed by atoms with Crippen molar-refractivity contribution in [2.45, 2.75) is 18.5 Å². The van der Waals surface area contributed by atoms with Crippen molar-refractivity contribution in [3.05, 3.63) is 64.9 Å². The van der Waals surface area contributed by atoms with Gasteiger partial charge >= 0.3 is 0 Å². The van der Waals surface area contributed by atoms with Gasteiger partial charge in [-0.05, 0) is 31.3 Å². The zero-order valence-corrected chi connectivity index (χ0v) is 18.7. The Labute approximate surface area is 182 Å². The SMILES string of the molecule is Cc1ccc(-c2nn(CN3CCN(S(=O)(=O)c4ccccc4)CC3)c(=S)n2C)cc1. The first-order chi connectivity index (χ1) is 14.4. The molecule has 0 saturated carbocycles. The van der Waals surface area contributed by atoms with E-state index in [-0.39, 0.29) is 0 Å². The molecule has 0 atom stereocenters. The summed E-state index contributed by atoms with van der Waals surface area (Å²) in [5, 5.41) is 4.72. The summed E-state index contributed by atoms with van der Waals surface area (Å²) in [6.07, 6.45) is 0. The van der Waals surface area contributed by atoms with Gasteiger partial charge < -0.3 is 4.57 Å². The molecule has 1 aromatic heterocycles. The highest BCUT2D eigenvalue weighted by molar-refractivity contribution is 7.89. The van der Waals surface area contributed by atoms with Crippen LogP contribution >= 0.6 is 12.2 Å². The number of benzene rings is 2. The molecule has 7 nitrogen and oxygen atoms in total. The van der Waals surface area contributed by atoms with Gasteiger partial charge in [-0.25, -0.2) is 13.1 Å². The molecule has 0 bridgehead atoms. The van der Waals surface area contributed by atoms with E-state index >= 15 is 0 Å². The van der Waals surface area contributed by atoms with E-state index in [1.165, 1.54) is 5.56 Å². The van der Waals surface area contributed by atoms with Crippen molar-refractivity contribution in [3.63, 3.8) is 0 Å². The maximum absolute atomic E-state index is 12.8. The number of sulfonamides is 1. The van der Waals surface area contributed by atoms with Gasteiger partial charge in [0.1, 0.15) is 0 Å². The lowest BCUT2D eigenvalue weighted by molar-refractivity contribution is 0.144. The number of nitrogens with zero attached hydrogens (tertiary/aromatic N) is 5. The second-order valence-electron chi connectivity index (χ2n) is 7.51. The second kappa shape index (κ2) is 8.43. The minimum atomic E-state index is -3.45. The van der Waals surface area contributed by atoms with Crippen molar-refractivity contribution < 1.29 is 8.42 Å². The van der Waals surface area contributed by atoms with E-state index in [4.69, 9.17) is 17.3 Å². The molecule has 0 spiro atoms. The van der Waals surface area contributed by atoms with Crippen LogP contribution in [0.15, 0.2) is 59.5 Å². The summed E-state index contributed by atoms with van der Waals surface area (Å²) in [4.78, 5) is 2.52. The molecule has 1 saturated heterocycles.